The van der Waals surface area contributed by atoms with Gasteiger partial charge in [0.15, 0.2) is 0 Å². The highest BCUT2D eigenvalue weighted by atomic mass is 16.2. The number of anilines is 1. The van der Waals surface area contributed by atoms with Crippen molar-refractivity contribution in [3.05, 3.63) is 94.9 Å². The van der Waals surface area contributed by atoms with Gasteiger partial charge < -0.3 is 15.3 Å². The Kier molecular flexibility index (Phi) is 3.95. The van der Waals surface area contributed by atoms with Gasteiger partial charge in [0.25, 0.3) is 5.91 Å². The minimum atomic E-state index is -0.281. The van der Waals surface area contributed by atoms with Gasteiger partial charge in [0, 0.05) is 16.6 Å². The number of aromatic amines is 2. The highest BCUT2D eigenvalue weighted by Gasteiger charge is 2.14. The number of carbonyl (C=O) groups is 1. The standard InChI is InChI=1S/C23H16N4O2/c28-22(24-15-10-11-19-21(12-15)27-23(29)26-19)17-13-20(14-6-2-1-3-7-14)25-18-9-5-4-8-16(17)18/h1-13H,(H,24,28)(H2,26,27,29). The molecular formula is C23H16N4O2. The first-order valence-corrected chi connectivity index (χ1v) is 9.16. The second-order valence-electron chi connectivity index (χ2n) is 6.73. The summed E-state index contributed by atoms with van der Waals surface area (Å²) in [4.78, 5) is 34.7. The first-order valence-electron chi connectivity index (χ1n) is 9.16. The smallest absolute Gasteiger partial charge is 0.322 e. The molecule has 0 aliphatic heterocycles. The molecule has 0 fully saturated rings. The molecule has 3 N–H and O–H groups in total. The van der Waals surface area contributed by atoms with E-state index in [1.807, 2.05) is 60.7 Å². The van der Waals surface area contributed by atoms with E-state index >= 15 is 0 Å². The molecule has 0 atom stereocenters. The van der Waals surface area contributed by atoms with Crippen molar-refractivity contribution in [2.45, 2.75) is 0 Å². The van der Waals surface area contributed by atoms with Crippen LogP contribution < -0.4 is 11.0 Å². The molecule has 5 aromatic rings. The minimum absolute atomic E-state index is 0.238. The van der Waals surface area contributed by atoms with Crippen LogP contribution in [0.4, 0.5) is 5.69 Å². The van der Waals surface area contributed by atoms with E-state index in [1.54, 1.807) is 18.2 Å². The predicted octanol–water partition coefficient (Wildman–Crippen LogP) is 4.32. The average Bonchev–Trinajstić information content (AvgIpc) is 3.13. The number of nitrogens with one attached hydrogen (secondary N) is 3. The summed E-state index contributed by atoms with van der Waals surface area (Å²) in [5.74, 6) is -0.238. The van der Waals surface area contributed by atoms with Crippen LogP contribution in [-0.4, -0.2) is 20.9 Å². The van der Waals surface area contributed by atoms with Crippen LogP contribution in [0, 0.1) is 0 Å². The van der Waals surface area contributed by atoms with Crippen LogP contribution in [0.1, 0.15) is 10.4 Å². The number of fused-ring (bicyclic) bond motifs is 2. The number of benzene rings is 3. The lowest BCUT2D eigenvalue weighted by Gasteiger charge is -2.11. The number of H-pyrrole nitrogens is 2. The molecule has 0 saturated heterocycles. The summed E-state index contributed by atoms with van der Waals surface area (Å²) in [6.45, 7) is 0. The van der Waals surface area contributed by atoms with Crippen molar-refractivity contribution >= 4 is 33.5 Å². The number of hydrogen-bond donors (Lipinski definition) is 3. The number of aromatic nitrogens is 3. The maximum atomic E-state index is 13.1. The van der Waals surface area contributed by atoms with E-state index in [0.29, 0.717) is 22.3 Å². The SMILES string of the molecule is O=C(Nc1ccc2[nH]c(=O)[nH]c2c1)c1cc(-c2ccccc2)nc2ccccc12. The van der Waals surface area contributed by atoms with Gasteiger partial charge in [-0.05, 0) is 30.3 Å². The van der Waals surface area contributed by atoms with Gasteiger partial charge in [-0.1, -0.05) is 48.5 Å². The summed E-state index contributed by atoms with van der Waals surface area (Å²) in [5.41, 5.74) is 4.61. The average molecular weight is 380 g/mol. The Bertz CT molecular complexity index is 1420. The number of pyridine rings is 1. The zero-order valence-electron chi connectivity index (χ0n) is 15.3. The van der Waals surface area contributed by atoms with Crippen LogP contribution >= 0.6 is 0 Å². The van der Waals surface area contributed by atoms with Gasteiger partial charge in [0.2, 0.25) is 0 Å². The van der Waals surface area contributed by atoms with Crippen molar-refractivity contribution in [3.63, 3.8) is 0 Å². The third-order valence-electron chi connectivity index (χ3n) is 4.80. The van der Waals surface area contributed by atoms with E-state index in [9.17, 15) is 9.59 Å². The molecule has 1 amide bonds. The van der Waals surface area contributed by atoms with E-state index in [2.05, 4.69) is 15.3 Å². The molecule has 5 rings (SSSR count). The number of rotatable bonds is 3. The Morgan fingerprint density at radius 1 is 0.828 bits per heavy atom. The quantitative estimate of drug-likeness (QED) is 0.435. The van der Waals surface area contributed by atoms with Gasteiger partial charge in [0.1, 0.15) is 0 Å². The fourth-order valence-corrected chi connectivity index (χ4v) is 3.43. The molecular weight excluding hydrogens is 364 g/mol. The topological polar surface area (TPSA) is 90.6 Å². The van der Waals surface area contributed by atoms with Crippen LogP contribution in [0.3, 0.4) is 0 Å². The Labute approximate surface area is 165 Å². The van der Waals surface area contributed by atoms with E-state index in [4.69, 9.17) is 4.98 Å². The third kappa shape index (κ3) is 3.17. The van der Waals surface area contributed by atoms with Gasteiger partial charge in [0.05, 0.1) is 27.8 Å². The number of carbonyl (C=O) groups excluding carboxylic acids is 1. The molecule has 0 radical (unpaired) electrons. The lowest BCUT2D eigenvalue weighted by molar-refractivity contribution is 0.102. The van der Waals surface area contributed by atoms with Crippen LogP contribution in [0.2, 0.25) is 0 Å². The lowest BCUT2D eigenvalue weighted by Crippen LogP contribution is -2.13. The molecule has 3 aromatic carbocycles. The number of nitrogens with zero attached hydrogens (tertiary/aromatic N) is 1. The number of para-hydroxylation sites is 1. The van der Waals surface area contributed by atoms with Crippen molar-refractivity contribution in [2.24, 2.45) is 0 Å². The van der Waals surface area contributed by atoms with Gasteiger partial charge in [-0.2, -0.15) is 0 Å². The largest absolute Gasteiger partial charge is 0.323 e. The van der Waals surface area contributed by atoms with Crippen molar-refractivity contribution in [3.8, 4) is 11.3 Å². The molecule has 6 nitrogen and oxygen atoms in total. The summed E-state index contributed by atoms with van der Waals surface area (Å²) in [7, 11) is 0. The normalized spacial score (nSPS) is 11.0. The van der Waals surface area contributed by atoms with Crippen LogP contribution in [-0.2, 0) is 0 Å². The highest BCUT2D eigenvalue weighted by Crippen LogP contribution is 2.26. The van der Waals surface area contributed by atoms with Gasteiger partial charge in [-0.3, -0.25) is 4.79 Å². The van der Waals surface area contributed by atoms with E-state index in [1.165, 1.54) is 0 Å². The van der Waals surface area contributed by atoms with Crippen molar-refractivity contribution in [1.29, 1.82) is 0 Å². The maximum Gasteiger partial charge on any atom is 0.323 e. The van der Waals surface area contributed by atoms with E-state index in [-0.39, 0.29) is 11.6 Å². The Hall–Kier alpha value is -4.19. The fourth-order valence-electron chi connectivity index (χ4n) is 3.43. The molecule has 0 aliphatic rings. The van der Waals surface area contributed by atoms with Gasteiger partial charge >= 0.3 is 5.69 Å². The molecule has 2 aromatic heterocycles. The second-order valence-corrected chi connectivity index (χ2v) is 6.73. The molecule has 0 unspecified atom stereocenters. The summed E-state index contributed by atoms with van der Waals surface area (Å²) in [5, 5.41) is 3.71. The van der Waals surface area contributed by atoms with Crippen LogP contribution in [0.5, 0.6) is 0 Å². The van der Waals surface area contributed by atoms with Gasteiger partial charge in [-0.25, -0.2) is 9.78 Å². The molecule has 2 heterocycles. The van der Waals surface area contributed by atoms with Gasteiger partial charge in [-0.15, -0.1) is 0 Å². The first kappa shape index (κ1) is 16.9. The van der Waals surface area contributed by atoms with Crippen LogP contribution in [0.15, 0.2) is 83.7 Å². The number of hydrogen-bond acceptors (Lipinski definition) is 3. The molecule has 29 heavy (non-hydrogen) atoms. The zero-order valence-corrected chi connectivity index (χ0v) is 15.3. The maximum absolute atomic E-state index is 13.1. The summed E-state index contributed by atoms with van der Waals surface area (Å²) in [6.07, 6.45) is 0. The Morgan fingerprint density at radius 3 is 2.45 bits per heavy atom. The molecule has 0 aliphatic carbocycles. The molecule has 0 bridgehead atoms. The lowest BCUT2D eigenvalue weighted by atomic mass is 10.0. The van der Waals surface area contributed by atoms with Crippen molar-refractivity contribution in [2.75, 3.05) is 5.32 Å². The predicted molar refractivity (Wildman–Crippen MR) is 114 cm³/mol. The Morgan fingerprint density at radius 2 is 1.59 bits per heavy atom. The van der Waals surface area contributed by atoms with Crippen LogP contribution in [0.25, 0.3) is 33.2 Å². The Balaban J connectivity index is 1.58. The summed E-state index contributed by atoms with van der Waals surface area (Å²) >= 11 is 0. The van der Waals surface area contributed by atoms with E-state index < -0.39 is 0 Å². The molecule has 6 heteroatoms. The summed E-state index contributed by atoms with van der Waals surface area (Å²) in [6, 6.07) is 24.4. The highest BCUT2D eigenvalue weighted by molar-refractivity contribution is 6.13. The first-order chi connectivity index (χ1) is 14.2. The molecule has 140 valence electrons. The molecule has 0 saturated carbocycles. The number of imidazole rings is 1. The monoisotopic (exact) mass is 380 g/mol. The zero-order chi connectivity index (χ0) is 19.8. The van der Waals surface area contributed by atoms with Crippen molar-refractivity contribution < 1.29 is 4.79 Å². The second kappa shape index (κ2) is 6.76. The summed E-state index contributed by atoms with van der Waals surface area (Å²) < 4.78 is 0. The number of amides is 1. The van der Waals surface area contributed by atoms with Crippen molar-refractivity contribution in [1.82, 2.24) is 15.0 Å². The van der Waals surface area contributed by atoms with E-state index in [0.717, 1.165) is 22.2 Å². The molecule has 0 spiro atoms. The third-order valence-corrected chi connectivity index (χ3v) is 4.80. The fraction of sp³-hybridized carbons (Fsp3) is 0. The minimum Gasteiger partial charge on any atom is -0.322 e.